The Bertz CT molecular complexity index is 644. The number of halogens is 2. The van der Waals surface area contributed by atoms with Crippen molar-refractivity contribution in [3.63, 3.8) is 0 Å². The standard InChI is InChI=1S/C15H16BrClN2OS/c1-10-7-11(16)3-5-13(10)18-15(20)9-19(2)8-12-4-6-14(17)21-12/h3-7H,8-9H2,1-2H3,(H,18,20)/p+1. The normalized spacial score (nSPS) is 12.2. The molecule has 3 nitrogen and oxygen atoms in total. The first-order valence-corrected chi connectivity index (χ1v) is 8.54. The fourth-order valence-corrected chi connectivity index (χ4v) is 3.72. The van der Waals surface area contributed by atoms with E-state index in [1.807, 2.05) is 44.3 Å². The summed E-state index contributed by atoms with van der Waals surface area (Å²) in [7, 11) is 2.00. The first kappa shape index (κ1) is 16.5. The van der Waals surface area contributed by atoms with Crippen LogP contribution in [-0.4, -0.2) is 19.5 Å². The Morgan fingerprint density at radius 2 is 2.14 bits per heavy atom. The van der Waals surface area contributed by atoms with Gasteiger partial charge in [-0.15, -0.1) is 11.3 Å². The number of nitrogens with one attached hydrogen (secondary N) is 2. The van der Waals surface area contributed by atoms with Crippen molar-refractivity contribution in [3.8, 4) is 0 Å². The van der Waals surface area contributed by atoms with Gasteiger partial charge in [-0.1, -0.05) is 27.5 Å². The predicted octanol–water partition coefficient (Wildman–Crippen LogP) is 3.13. The summed E-state index contributed by atoms with van der Waals surface area (Å²) in [6.07, 6.45) is 0. The fraction of sp³-hybridized carbons (Fsp3) is 0.267. The Kier molecular flexibility index (Phi) is 5.81. The smallest absolute Gasteiger partial charge is 0.279 e. The van der Waals surface area contributed by atoms with Gasteiger partial charge in [0, 0.05) is 10.2 Å². The largest absolute Gasteiger partial charge is 0.325 e. The molecule has 0 saturated heterocycles. The van der Waals surface area contributed by atoms with Crippen LogP contribution in [0.15, 0.2) is 34.8 Å². The van der Waals surface area contributed by atoms with Gasteiger partial charge in [0.1, 0.15) is 6.54 Å². The third-order valence-electron chi connectivity index (χ3n) is 3.03. The molecule has 21 heavy (non-hydrogen) atoms. The van der Waals surface area contributed by atoms with Crippen molar-refractivity contribution in [1.29, 1.82) is 0 Å². The number of anilines is 1. The molecule has 0 aliphatic rings. The zero-order chi connectivity index (χ0) is 15.4. The van der Waals surface area contributed by atoms with Crippen LogP contribution in [0.4, 0.5) is 5.69 Å². The SMILES string of the molecule is Cc1cc(Br)ccc1NC(=O)C[NH+](C)Cc1ccc(Cl)s1. The molecule has 6 heteroatoms. The van der Waals surface area contributed by atoms with E-state index in [-0.39, 0.29) is 5.91 Å². The lowest BCUT2D eigenvalue weighted by molar-refractivity contribution is -0.884. The molecule has 2 rings (SSSR count). The third-order valence-corrected chi connectivity index (χ3v) is 4.75. The predicted molar refractivity (Wildman–Crippen MR) is 92.3 cm³/mol. The number of rotatable bonds is 5. The Labute approximate surface area is 142 Å². The number of benzene rings is 1. The molecule has 0 bridgehead atoms. The summed E-state index contributed by atoms with van der Waals surface area (Å²) in [5, 5.41) is 2.96. The topological polar surface area (TPSA) is 33.5 Å². The number of quaternary nitrogens is 1. The van der Waals surface area contributed by atoms with Gasteiger partial charge in [0.15, 0.2) is 6.54 Å². The highest BCUT2D eigenvalue weighted by Gasteiger charge is 2.13. The molecule has 2 N–H and O–H groups in total. The van der Waals surface area contributed by atoms with Gasteiger partial charge in [-0.2, -0.15) is 0 Å². The quantitative estimate of drug-likeness (QED) is 0.810. The molecule has 0 saturated carbocycles. The first-order valence-electron chi connectivity index (χ1n) is 6.55. The number of carbonyl (C=O) groups excluding carboxylic acids is 1. The zero-order valence-electron chi connectivity index (χ0n) is 11.9. The van der Waals surface area contributed by atoms with Gasteiger partial charge in [0.2, 0.25) is 0 Å². The number of aryl methyl sites for hydroxylation is 1. The van der Waals surface area contributed by atoms with Crippen molar-refractivity contribution in [2.45, 2.75) is 13.5 Å². The Hall–Kier alpha value is -0.880. The highest BCUT2D eigenvalue weighted by atomic mass is 79.9. The van der Waals surface area contributed by atoms with Gasteiger partial charge in [0.05, 0.1) is 16.3 Å². The summed E-state index contributed by atoms with van der Waals surface area (Å²) in [6.45, 7) is 3.19. The van der Waals surface area contributed by atoms with Gasteiger partial charge in [-0.05, 0) is 42.8 Å². The number of amides is 1. The molecule has 0 radical (unpaired) electrons. The van der Waals surface area contributed by atoms with E-state index in [0.717, 1.165) is 31.5 Å². The molecule has 1 heterocycles. The molecule has 0 spiro atoms. The third kappa shape index (κ3) is 5.11. The summed E-state index contributed by atoms with van der Waals surface area (Å²) in [4.78, 5) is 14.4. The Morgan fingerprint density at radius 1 is 1.38 bits per heavy atom. The highest BCUT2D eigenvalue weighted by Crippen LogP contribution is 2.21. The van der Waals surface area contributed by atoms with Crippen molar-refractivity contribution < 1.29 is 9.69 Å². The monoisotopic (exact) mass is 387 g/mol. The van der Waals surface area contributed by atoms with Crippen LogP contribution in [0.5, 0.6) is 0 Å². The van der Waals surface area contributed by atoms with Crippen molar-refractivity contribution >= 4 is 50.5 Å². The fourth-order valence-electron chi connectivity index (χ4n) is 2.04. The average Bonchev–Trinajstić information content (AvgIpc) is 2.78. The minimum atomic E-state index is 0.0144. The van der Waals surface area contributed by atoms with Crippen LogP contribution in [0.25, 0.3) is 0 Å². The zero-order valence-corrected chi connectivity index (χ0v) is 15.0. The molecule has 1 atom stereocenters. The van der Waals surface area contributed by atoms with Crippen molar-refractivity contribution in [2.75, 3.05) is 18.9 Å². The maximum atomic E-state index is 12.1. The number of hydrogen-bond acceptors (Lipinski definition) is 2. The molecular formula is C15H17BrClN2OS+. The highest BCUT2D eigenvalue weighted by molar-refractivity contribution is 9.10. The van der Waals surface area contributed by atoms with Gasteiger partial charge < -0.3 is 10.2 Å². The Morgan fingerprint density at radius 3 is 2.76 bits per heavy atom. The summed E-state index contributed by atoms with van der Waals surface area (Å²) in [5.74, 6) is 0.0144. The van der Waals surface area contributed by atoms with E-state index in [9.17, 15) is 4.79 Å². The second-order valence-corrected chi connectivity index (χ2v) is 7.74. The van der Waals surface area contributed by atoms with E-state index < -0.39 is 0 Å². The number of carbonyl (C=O) groups is 1. The molecule has 0 aliphatic carbocycles. The van der Waals surface area contributed by atoms with Crippen LogP contribution in [0, 0.1) is 6.92 Å². The maximum Gasteiger partial charge on any atom is 0.279 e. The van der Waals surface area contributed by atoms with Gasteiger partial charge in [-0.25, -0.2) is 0 Å². The van der Waals surface area contributed by atoms with Crippen LogP contribution in [-0.2, 0) is 11.3 Å². The van der Waals surface area contributed by atoms with Crippen LogP contribution >= 0.6 is 38.9 Å². The molecule has 112 valence electrons. The van der Waals surface area contributed by atoms with Crippen molar-refractivity contribution in [3.05, 3.63) is 49.6 Å². The number of thiophene rings is 1. The molecular weight excluding hydrogens is 372 g/mol. The molecule has 1 aromatic heterocycles. The average molecular weight is 389 g/mol. The lowest BCUT2D eigenvalue weighted by Gasteiger charge is -2.14. The van der Waals surface area contributed by atoms with E-state index in [0.29, 0.717) is 6.54 Å². The molecule has 2 aromatic rings. The Balaban J connectivity index is 1.89. The first-order chi connectivity index (χ1) is 9.94. The lowest BCUT2D eigenvalue weighted by atomic mass is 10.2. The number of likely N-dealkylation sites (N-methyl/N-ethyl adjacent to an activating group) is 1. The van der Waals surface area contributed by atoms with Crippen molar-refractivity contribution in [2.24, 2.45) is 0 Å². The van der Waals surface area contributed by atoms with Gasteiger partial charge in [0.25, 0.3) is 5.91 Å². The summed E-state index contributed by atoms with van der Waals surface area (Å²) >= 11 is 10.9. The van der Waals surface area contributed by atoms with Gasteiger partial charge in [-0.3, -0.25) is 4.79 Å². The molecule has 1 aromatic carbocycles. The second-order valence-electron chi connectivity index (χ2n) is 5.02. The minimum Gasteiger partial charge on any atom is -0.325 e. The molecule has 0 fully saturated rings. The van der Waals surface area contributed by atoms with Crippen LogP contribution in [0.1, 0.15) is 10.4 Å². The van der Waals surface area contributed by atoms with E-state index in [2.05, 4.69) is 21.2 Å². The summed E-state index contributed by atoms with van der Waals surface area (Å²) in [5.41, 5.74) is 1.90. The van der Waals surface area contributed by atoms with Gasteiger partial charge >= 0.3 is 0 Å². The van der Waals surface area contributed by atoms with Crippen LogP contribution in [0.3, 0.4) is 0 Å². The molecule has 0 aliphatic heterocycles. The number of hydrogen-bond donors (Lipinski definition) is 2. The van der Waals surface area contributed by atoms with Crippen LogP contribution in [0.2, 0.25) is 4.34 Å². The van der Waals surface area contributed by atoms with E-state index in [4.69, 9.17) is 11.6 Å². The lowest BCUT2D eigenvalue weighted by Crippen LogP contribution is -3.08. The second kappa shape index (κ2) is 7.40. The van der Waals surface area contributed by atoms with Crippen molar-refractivity contribution in [1.82, 2.24) is 0 Å². The van der Waals surface area contributed by atoms with E-state index >= 15 is 0 Å². The maximum absolute atomic E-state index is 12.1. The summed E-state index contributed by atoms with van der Waals surface area (Å²) < 4.78 is 1.79. The van der Waals surface area contributed by atoms with E-state index in [1.165, 1.54) is 4.88 Å². The molecule has 1 amide bonds. The summed E-state index contributed by atoms with van der Waals surface area (Å²) in [6, 6.07) is 9.71. The van der Waals surface area contributed by atoms with Crippen LogP contribution < -0.4 is 10.2 Å². The molecule has 1 unspecified atom stereocenters. The van der Waals surface area contributed by atoms with E-state index in [1.54, 1.807) is 11.3 Å². The minimum absolute atomic E-state index is 0.0144.